The van der Waals surface area contributed by atoms with Crippen molar-refractivity contribution in [3.05, 3.63) is 82.2 Å². The van der Waals surface area contributed by atoms with Gasteiger partial charge in [-0.05, 0) is 54.3 Å². The van der Waals surface area contributed by atoms with Crippen molar-refractivity contribution >= 4 is 5.91 Å². The molecule has 2 aromatic heterocycles. The smallest absolute Gasteiger partial charge is 0.289 e. The summed E-state index contributed by atoms with van der Waals surface area (Å²) in [4.78, 5) is 27.8. The highest BCUT2D eigenvalue weighted by molar-refractivity contribution is 5.91. The first-order valence-electron chi connectivity index (χ1n) is 9.71. The average Bonchev–Trinajstić information content (AvgIpc) is 3.29. The fourth-order valence-corrected chi connectivity index (χ4v) is 4.64. The molecule has 1 aromatic carbocycles. The van der Waals surface area contributed by atoms with Crippen LogP contribution < -0.4 is 5.56 Å². The first kappa shape index (κ1) is 17.5. The van der Waals surface area contributed by atoms with Gasteiger partial charge in [0.2, 0.25) is 0 Å². The van der Waals surface area contributed by atoms with E-state index in [2.05, 4.69) is 6.07 Å². The van der Waals surface area contributed by atoms with E-state index >= 15 is 0 Å². The number of benzene rings is 1. The summed E-state index contributed by atoms with van der Waals surface area (Å²) in [6, 6.07) is 16.5. The number of likely N-dealkylation sites (tertiary alicyclic amines) is 1. The molecule has 144 valence electrons. The van der Waals surface area contributed by atoms with E-state index in [1.54, 1.807) is 30.3 Å². The molecule has 0 saturated carbocycles. The minimum atomic E-state index is -0.0922. The normalized spacial score (nSPS) is 20.0. The molecule has 4 heterocycles. The van der Waals surface area contributed by atoms with Crippen LogP contribution >= 0.6 is 0 Å². The van der Waals surface area contributed by atoms with Crippen molar-refractivity contribution in [2.75, 3.05) is 13.1 Å². The van der Waals surface area contributed by atoms with Crippen LogP contribution in [0.15, 0.2) is 64.0 Å². The molecule has 0 unspecified atom stereocenters. The van der Waals surface area contributed by atoms with Gasteiger partial charge in [-0.3, -0.25) is 9.59 Å². The zero-order chi connectivity index (χ0) is 20.0. The van der Waals surface area contributed by atoms with Crippen LogP contribution in [0.3, 0.4) is 0 Å². The van der Waals surface area contributed by atoms with Gasteiger partial charge in [-0.15, -0.1) is 0 Å². The fraction of sp³-hybridized carbons (Fsp3) is 0.261. The molecular formula is C23H19N3O3. The Morgan fingerprint density at radius 3 is 2.79 bits per heavy atom. The molecule has 0 radical (unpaired) electrons. The summed E-state index contributed by atoms with van der Waals surface area (Å²) < 4.78 is 7.14. The summed E-state index contributed by atoms with van der Waals surface area (Å²) in [6.45, 7) is 1.80. The van der Waals surface area contributed by atoms with Gasteiger partial charge in [-0.1, -0.05) is 12.1 Å². The topological polar surface area (TPSA) is 79.2 Å². The molecular weight excluding hydrogens is 366 g/mol. The number of carbonyl (C=O) groups excluding carboxylic acids is 1. The molecule has 29 heavy (non-hydrogen) atoms. The highest BCUT2D eigenvalue weighted by atomic mass is 16.3. The number of carbonyl (C=O) groups is 1. The monoisotopic (exact) mass is 385 g/mol. The predicted octanol–water partition coefficient (Wildman–Crippen LogP) is 3.24. The minimum absolute atomic E-state index is 0.0295. The van der Waals surface area contributed by atoms with Crippen LogP contribution in [0.1, 0.15) is 34.2 Å². The van der Waals surface area contributed by atoms with Crippen LogP contribution in [0.4, 0.5) is 0 Å². The highest BCUT2D eigenvalue weighted by Gasteiger charge is 2.37. The maximum atomic E-state index is 13.2. The molecule has 0 spiro atoms. The van der Waals surface area contributed by atoms with Crippen molar-refractivity contribution in [2.45, 2.75) is 18.9 Å². The third-order valence-corrected chi connectivity index (χ3v) is 5.93. The second kappa shape index (κ2) is 6.78. The lowest BCUT2D eigenvalue weighted by molar-refractivity contribution is 0.0564. The van der Waals surface area contributed by atoms with Crippen LogP contribution in [-0.4, -0.2) is 28.5 Å². The Bertz CT molecular complexity index is 1190. The Labute approximate surface area is 167 Å². The first-order valence-corrected chi connectivity index (χ1v) is 9.71. The number of fused-ring (bicyclic) bond motifs is 4. The van der Waals surface area contributed by atoms with Gasteiger partial charge in [-0.25, -0.2) is 0 Å². The van der Waals surface area contributed by atoms with Gasteiger partial charge in [0.25, 0.3) is 11.5 Å². The standard InChI is InChI=1S/C23H19N3O3/c24-11-15-3-1-4-17(9-15)19-6-7-20-18-10-16(13-26(20)22(19)27)12-25(14-18)23(28)21-5-2-8-29-21/h1-9,16,18H,10,12-14H2/t16-,18+/m0/s1. The van der Waals surface area contributed by atoms with Crippen LogP contribution in [0, 0.1) is 17.2 Å². The molecule has 1 amide bonds. The van der Waals surface area contributed by atoms with Crippen LogP contribution in [0.2, 0.25) is 0 Å². The number of nitriles is 1. The lowest BCUT2D eigenvalue weighted by atomic mass is 9.82. The van der Waals surface area contributed by atoms with Gasteiger partial charge in [0.1, 0.15) is 0 Å². The first-order chi connectivity index (χ1) is 14.1. The molecule has 5 rings (SSSR count). The summed E-state index contributed by atoms with van der Waals surface area (Å²) in [7, 11) is 0. The van der Waals surface area contributed by atoms with Crippen LogP contribution in [-0.2, 0) is 6.54 Å². The van der Waals surface area contributed by atoms with E-state index in [1.807, 2.05) is 27.7 Å². The van der Waals surface area contributed by atoms with Crippen molar-refractivity contribution in [3.8, 4) is 17.2 Å². The summed E-state index contributed by atoms with van der Waals surface area (Å²) in [5, 5.41) is 9.15. The van der Waals surface area contributed by atoms with Crippen molar-refractivity contribution < 1.29 is 9.21 Å². The Hall–Kier alpha value is -3.59. The van der Waals surface area contributed by atoms with Crippen molar-refractivity contribution in [2.24, 2.45) is 5.92 Å². The number of rotatable bonds is 2. The fourth-order valence-electron chi connectivity index (χ4n) is 4.64. The molecule has 2 atom stereocenters. The zero-order valence-corrected chi connectivity index (χ0v) is 15.7. The Morgan fingerprint density at radius 1 is 1.10 bits per heavy atom. The summed E-state index contributed by atoms with van der Waals surface area (Å²) in [5.74, 6) is 0.632. The number of hydrogen-bond acceptors (Lipinski definition) is 4. The van der Waals surface area contributed by atoms with E-state index in [9.17, 15) is 9.59 Å². The van der Waals surface area contributed by atoms with E-state index in [0.29, 0.717) is 36.5 Å². The molecule has 2 aliphatic rings. The number of nitrogens with zero attached hydrogens (tertiary/aromatic N) is 3. The number of pyridine rings is 1. The van der Waals surface area contributed by atoms with E-state index in [-0.39, 0.29) is 23.3 Å². The van der Waals surface area contributed by atoms with E-state index in [1.165, 1.54) is 6.26 Å². The number of amides is 1. The van der Waals surface area contributed by atoms with E-state index in [0.717, 1.165) is 17.7 Å². The molecule has 1 saturated heterocycles. The number of hydrogen-bond donors (Lipinski definition) is 0. The Balaban J connectivity index is 1.49. The molecule has 0 aliphatic carbocycles. The maximum absolute atomic E-state index is 13.2. The molecule has 1 fully saturated rings. The highest BCUT2D eigenvalue weighted by Crippen LogP contribution is 2.36. The maximum Gasteiger partial charge on any atom is 0.289 e. The quantitative estimate of drug-likeness (QED) is 0.678. The van der Waals surface area contributed by atoms with Crippen molar-refractivity contribution in [1.29, 1.82) is 5.26 Å². The largest absolute Gasteiger partial charge is 0.459 e. The SMILES string of the molecule is N#Cc1cccc(-c2ccc3n(c2=O)C[C@H]2C[C@@H]3CN(C(=O)c3ccco3)C2)c1. The summed E-state index contributed by atoms with van der Waals surface area (Å²) in [5.41, 5.74) is 2.85. The average molecular weight is 385 g/mol. The van der Waals surface area contributed by atoms with Crippen molar-refractivity contribution in [1.82, 2.24) is 9.47 Å². The molecule has 2 aliphatic heterocycles. The van der Waals surface area contributed by atoms with Gasteiger partial charge >= 0.3 is 0 Å². The van der Waals surface area contributed by atoms with Gasteiger partial charge in [0.15, 0.2) is 5.76 Å². The Morgan fingerprint density at radius 2 is 2.00 bits per heavy atom. The lowest BCUT2D eigenvalue weighted by Crippen LogP contribution is -2.49. The van der Waals surface area contributed by atoms with Crippen molar-refractivity contribution in [3.63, 3.8) is 0 Å². The minimum Gasteiger partial charge on any atom is -0.459 e. The van der Waals surface area contributed by atoms with Gasteiger partial charge in [-0.2, -0.15) is 5.26 Å². The van der Waals surface area contributed by atoms with Crippen LogP contribution in [0.25, 0.3) is 11.1 Å². The number of piperidine rings is 1. The summed E-state index contributed by atoms with van der Waals surface area (Å²) in [6.07, 6.45) is 2.49. The number of aromatic nitrogens is 1. The van der Waals surface area contributed by atoms with Gasteiger partial charge in [0, 0.05) is 36.8 Å². The van der Waals surface area contributed by atoms with E-state index < -0.39 is 0 Å². The van der Waals surface area contributed by atoms with Gasteiger partial charge < -0.3 is 13.9 Å². The molecule has 6 nitrogen and oxygen atoms in total. The van der Waals surface area contributed by atoms with Gasteiger partial charge in [0.05, 0.1) is 17.9 Å². The lowest BCUT2D eigenvalue weighted by Gasteiger charge is -2.42. The van der Waals surface area contributed by atoms with E-state index in [4.69, 9.17) is 9.68 Å². The van der Waals surface area contributed by atoms with Crippen LogP contribution in [0.5, 0.6) is 0 Å². The zero-order valence-electron chi connectivity index (χ0n) is 15.7. The molecule has 2 bridgehead atoms. The third kappa shape index (κ3) is 2.95. The molecule has 3 aromatic rings. The molecule has 0 N–H and O–H groups in total. The third-order valence-electron chi connectivity index (χ3n) is 5.93. The number of furan rings is 1. The predicted molar refractivity (Wildman–Crippen MR) is 106 cm³/mol. The molecule has 6 heteroatoms. The second-order valence-electron chi connectivity index (χ2n) is 7.77. The summed E-state index contributed by atoms with van der Waals surface area (Å²) >= 11 is 0. The Kier molecular flexibility index (Phi) is 4.09. The second-order valence-corrected chi connectivity index (χ2v) is 7.77.